The van der Waals surface area contributed by atoms with Crippen LogP contribution in [0.2, 0.25) is 0 Å². The fraction of sp³-hybridized carbons (Fsp3) is 0.562. The molecule has 0 radical (unpaired) electrons. The molecule has 2 atom stereocenters. The fourth-order valence-electron chi connectivity index (χ4n) is 2.83. The Kier molecular flexibility index (Phi) is 4.43. The van der Waals surface area contributed by atoms with Crippen LogP contribution in [0.3, 0.4) is 0 Å². The summed E-state index contributed by atoms with van der Waals surface area (Å²) in [6.45, 7) is 3.45. The molecule has 0 bridgehead atoms. The molecule has 0 aliphatic heterocycles. The number of aryl methyl sites for hydroxylation is 1. The summed E-state index contributed by atoms with van der Waals surface area (Å²) in [5, 5.41) is 13.0. The summed E-state index contributed by atoms with van der Waals surface area (Å²) in [6.07, 6.45) is 3.80. The first-order valence-corrected chi connectivity index (χ1v) is 7.25. The largest absolute Gasteiger partial charge is 0.380 e. The lowest BCUT2D eigenvalue weighted by Crippen LogP contribution is -2.46. The lowest BCUT2D eigenvalue weighted by molar-refractivity contribution is -0.139. The van der Waals surface area contributed by atoms with Gasteiger partial charge in [-0.15, -0.1) is 0 Å². The third-order valence-electron chi connectivity index (χ3n) is 3.95. The number of benzene rings is 1. The van der Waals surface area contributed by atoms with Gasteiger partial charge in [-0.3, -0.25) is 4.79 Å². The van der Waals surface area contributed by atoms with Gasteiger partial charge in [0.2, 0.25) is 0 Å². The molecule has 1 aliphatic rings. The van der Waals surface area contributed by atoms with Gasteiger partial charge in [-0.25, -0.2) is 4.39 Å². The number of hydrogen-bond acceptors (Lipinski definition) is 2. The zero-order valence-corrected chi connectivity index (χ0v) is 12.1. The molecule has 0 saturated heterocycles. The van der Waals surface area contributed by atoms with Gasteiger partial charge in [-0.05, 0) is 55.9 Å². The average molecular weight is 279 g/mol. The summed E-state index contributed by atoms with van der Waals surface area (Å²) in [7, 11) is 0. The van der Waals surface area contributed by atoms with Crippen molar-refractivity contribution in [1.82, 2.24) is 5.32 Å². The molecule has 0 aromatic heterocycles. The van der Waals surface area contributed by atoms with E-state index in [0.717, 1.165) is 36.8 Å². The van der Waals surface area contributed by atoms with Crippen LogP contribution in [0.15, 0.2) is 18.2 Å². The van der Waals surface area contributed by atoms with Gasteiger partial charge >= 0.3 is 0 Å². The van der Waals surface area contributed by atoms with Gasteiger partial charge in [-0.1, -0.05) is 19.4 Å². The molecule has 0 fully saturated rings. The van der Waals surface area contributed by atoms with Crippen LogP contribution in [0.1, 0.15) is 56.7 Å². The maximum absolute atomic E-state index is 13.4. The summed E-state index contributed by atoms with van der Waals surface area (Å²) >= 11 is 0. The van der Waals surface area contributed by atoms with Gasteiger partial charge in [0.25, 0.3) is 5.91 Å². The number of carbonyl (C=O) groups excluding carboxylic acids is 1. The second-order valence-electron chi connectivity index (χ2n) is 5.79. The zero-order valence-electron chi connectivity index (χ0n) is 12.1. The maximum Gasteiger partial charge on any atom is 0.252 e. The van der Waals surface area contributed by atoms with E-state index < -0.39 is 5.60 Å². The molecule has 1 aromatic carbocycles. The number of nitrogens with one attached hydrogen (secondary N) is 1. The van der Waals surface area contributed by atoms with Crippen LogP contribution in [0, 0.1) is 5.82 Å². The van der Waals surface area contributed by atoms with Gasteiger partial charge in [0.05, 0.1) is 6.04 Å². The Morgan fingerprint density at radius 1 is 1.55 bits per heavy atom. The number of rotatable bonds is 4. The quantitative estimate of drug-likeness (QED) is 0.890. The van der Waals surface area contributed by atoms with Crippen molar-refractivity contribution in [1.29, 1.82) is 0 Å². The van der Waals surface area contributed by atoms with Gasteiger partial charge in [0, 0.05) is 0 Å². The SMILES string of the molecule is CCCC(C)(O)C(=O)NC1CCCc2ccc(F)cc21. The lowest BCUT2D eigenvalue weighted by Gasteiger charge is -2.30. The first-order valence-electron chi connectivity index (χ1n) is 7.25. The Balaban J connectivity index is 2.16. The molecule has 3 nitrogen and oxygen atoms in total. The molecule has 0 saturated carbocycles. The molecule has 0 spiro atoms. The molecule has 1 amide bonds. The van der Waals surface area contributed by atoms with E-state index in [-0.39, 0.29) is 17.8 Å². The molecule has 4 heteroatoms. The predicted molar refractivity (Wildman–Crippen MR) is 75.8 cm³/mol. The van der Waals surface area contributed by atoms with Crippen molar-refractivity contribution in [2.75, 3.05) is 0 Å². The van der Waals surface area contributed by atoms with Crippen molar-refractivity contribution < 1.29 is 14.3 Å². The van der Waals surface area contributed by atoms with Crippen LogP contribution in [0.5, 0.6) is 0 Å². The predicted octanol–water partition coefficient (Wildman–Crippen LogP) is 2.87. The van der Waals surface area contributed by atoms with Crippen LogP contribution in [0.25, 0.3) is 0 Å². The normalized spacial score (nSPS) is 20.9. The van der Waals surface area contributed by atoms with Gasteiger partial charge in [-0.2, -0.15) is 0 Å². The highest BCUT2D eigenvalue weighted by atomic mass is 19.1. The van der Waals surface area contributed by atoms with E-state index in [9.17, 15) is 14.3 Å². The zero-order chi connectivity index (χ0) is 14.8. The Hall–Kier alpha value is -1.42. The molecule has 0 heterocycles. The first-order chi connectivity index (χ1) is 9.44. The first kappa shape index (κ1) is 15.0. The van der Waals surface area contributed by atoms with Gasteiger partial charge in [0.15, 0.2) is 0 Å². The van der Waals surface area contributed by atoms with Crippen LogP contribution in [0.4, 0.5) is 4.39 Å². The molecule has 1 aromatic rings. The number of amides is 1. The molecule has 20 heavy (non-hydrogen) atoms. The van der Waals surface area contributed by atoms with Crippen molar-refractivity contribution in [2.45, 2.75) is 57.6 Å². The molecular weight excluding hydrogens is 257 g/mol. The van der Waals surface area contributed by atoms with Gasteiger partial charge in [0.1, 0.15) is 11.4 Å². The molecule has 1 aliphatic carbocycles. The second-order valence-corrected chi connectivity index (χ2v) is 5.79. The van der Waals surface area contributed by atoms with E-state index in [1.165, 1.54) is 19.1 Å². The minimum atomic E-state index is -1.36. The van der Waals surface area contributed by atoms with Crippen LogP contribution >= 0.6 is 0 Å². The third kappa shape index (κ3) is 3.18. The van der Waals surface area contributed by atoms with Crippen LogP contribution in [-0.4, -0.2) is 16.6 Å². The number of carbonyl (C=O) groups is 1. The third-order valence-corrected chi connectivity index (χ3v) is 3.95. The number of hydrogen-bond donors (Lipinski definition) is 2. The van der Waals surface area contributed by atoms with Crippen molar-refractivity contribution in [3.05, 3.63) is 35.1 Å². The van der Waals surface area contributed by atoms with Crippen molar-refractivity contribution in [3.63, 3.8) is 0 Å². The second kappa shape index (κ2) is 5.92. The van der Waals surface area contributed by atoms with Crippen molar-refractivity contribution in [3.8, 4) is 0 Å². The van der Waals surface area contributed by atoms with Crippen LogP contribution in [-0.2, 0) is 11.2 Å². The molecule has 2 rings (SSSR count). The van der Waals surface area contributed by atoms with E-state index in [1.54, 1.807) is 6.07 Å². The maximum atomic E-state index is 13.4. The Morgan fingerprint density at radius 2 is 2.30 bits per heavy atom. The van der Waals surface area contributed by atoms with E-state index in [4.69, 9.17) is 0 Å². The highest BCUT2D eigenvalue weighted by molar-refractivity contribution is 5.84. The van der Waals surface area contributed by atoms with E-state index in [0.29, 0.717) is 6.42 Å². The lowest BCUT2D eigenvalue weighted by atomic mass is 9.87. The molecule has 2 N–H and O–H groups in total. The Morgan fingerprint density at radius 3 is 3.00 bits per heavy atom. The summed E-state index contributed by atoms with van der Waals surface area (Å²) in [5.74, 6) is -0.660. The summed E-state index contributed by atoms with van der Waals surface area (Å²) in [5.41, 5.74) is 0.564. The Bertz CT molecular complexity index is 499. The number of aliphatic hydroxyl groups is 1. The molecular formula is C16H22FNO2. The highest BCUT2D eigenvalue weighted by Crippen LogP contribution is 2.30. The smallest absolute Gasteiger partial charge is 0.252 e. The van der Waals surface area contributed by atoms with Crippen molar-refractivity contribution in [2.24, 2.45) is 0 Å². The van der Waals surface area contributed by atoms with E-state index >= 15 is 0 Å². The summed E-state index contributed by atoms with van der Waals surface area (Å²) in [6, 6.07) is 4.53. The average Bonchev–Trinajstić information content (AvgIpc) is 2.39. The minimum absolute atomic E-state index is 0.203. The fourth-order valence-corrected chi connectivity index (χ4v) is 2.83. The number of halogens is 1. The molecule has 2 unspecified atom stereocenters. The standard InChI is InChI=1S/C16H22FNO2/c1-3-9-16(2,20)15(19)18-14-6-4-5-11-7-8-12(17)10-13(11)14/h7-8,10,14,20H,3-6,9H2,1-2H3,(H,18,19). The summed E-state index contributed by atoms with van der Waals surface area (Å²) < 4.78 is 13.4. The highest BCUT2D eigenvalue weighted by Gasteiger charge is 2.32. The topological polar surface area (TPSA) is 49.3 Å². The Labute approximate surface area is 119 Å². The van der Waals surface area contributed by atoms with Gasteiger partial charge < -0.3 is 10.4 Å². The van der Waals surface area contributed by atoms with E-state index in [2.05, 4.69) is 5.32 Å². The number of fused-ring (bicyclic) bond motifs is 1. The monoisotopic (exact) mass is 279 g/mol. The van der Waals surface area contributed by atoms with Crippen molar-refractivity contribution >= 4 is 5.91 Å². The van der Waals surface area contributed by atoms with E-state index in [1.807, 2.05) is 6.92 Å². The summed E-state index contributed by atoms with van der Waals surface area (Å²) in [4.78, 5) is 12.2. The minimum Gasteiger partial charge on any atom is -0.380 e. The molecule has 110 valence electrons. The van der Waals surface area contributed by atoms with Crippen LogP contribution < -0.4 is 5.32 Å².